The summed E-state index contributed by atoms with van der Waals surface area (Å²) in [4.78, 5) is 10.2. The van der Waals surface area contributed by atoms with Crippen molar-refractivity contribution in [2.45, 2.75) is 31.7 Å². The SMILES string of the molecule is CCSc1ccc(-c2ncc(C(C)N)c(C)n2)cc1. The lowest BCUT2D eigenvalue weighted by Crippen LogP contribution is -2.09. The van der Waals surface area contributed by atoms with Gasteiger partial charge in [-0.25, -0.2) is 9.97 Å². The average Bonchev–Trinajstić information content (AvgIpc) is 2.39. The fourth-order valence-electron chi connectivity index (χ4n) is 1.93. The molecule has 1 aromatic heterocycles. The van der Waals surface area contributed by atoms with E-state index in [1.54, 1.807) is 0 Å². The van der Waals surface area contributed by atoms with E-state index in [2.05, 4.69) is 41.2 Å². The van der Waals surface area contributed by atoms with E-state index in [-0.39, 0.29) is 6.04 Å². The van der Waals surface area contributed by atoms with Gasteiger partial charge in [0.15, 0.2) is 5.82 Å². The number of hydrogen-bond acceptors (Lipinski definition) is 4. The van der Waals surface area contributed by atoms with Gasteiger partial charge in [-0.2, -0.15) is 0 Å². The number of nitrogens with zero attached hydrogens (tertiary/aromatic N) is 2. The fourth-order valence-corrected chi connectivity index (χ4v) is 2.59. The topological polar surface area (TPSA) is 51.8 Å². The van der Waals surface area contributed by atoms with Gasteiger partial charge < -0.3 is 5.73 Å². The molecule has 0 fully saturated rings. The molecule has 1 atom stereocenters. The van der Waals surface area contributed by atoms with Crippen LogP contribution in [0.15, 0.2) is 35.4 Å². The third-order valence-corrected chi connectivity index (χ3v) is 3.83. The first-order valence-corrected chi connectivity index (χ1v) is 7.42. The van der Waals surface area contributed by atoms with Crippen molar-refractivity contribution in [3.63, 3.8) is 0 Å². The summed E-state index contributed by atoms with van der Waals surface area (Å²) in [7, 11) is 0. The predicted octanol–water partition coefficient (Wildman–Crippen LogP) is 3.58. The third kappa shape index (κ3) is 3.33. The molecule has 0 spiro atoms. The average molecular weight is 273 g/mol. The zero-order valence-electron chi connectivity index (χ0n) is 11.6. The second-order valence-corrected chi connectivity index (χ2v) is 5.82. The third-order valence-electron chi connectivity index (χ3n) is 2.93. The van der Waals surface area contributed by atoms with E-state index in [1.807, 2.05) is 31.8 Å². The van der Waals surface area contributed by atoms with Gasteiger partial charge >= 0.3 is 0 Å². The molecule has 100 valence electrons. The highest BCUT2D eigenvalue weighted by molar-refractivity contribution is 7.99. The summed E-state index contributed by atoms with van der Waals surface area (Å²) >= 11 is 1.83. The van der Waals surface area contributed by atoms with Gasteiger partial charge in [-0.15, -0.1) is 11.8 Å². The van der Waals surface area contributed by atoms with Gasteiger partial charge in [0.1, 0.15) is 0 Å². The Bertz CT molecular complexity index is 550. The molecule has 0 bridgehead atoms. The van der Waals surface area contributed by atoms with Crippen molar-refractivity contribution in [2.24, 2.45) is 5.73 Å². The van der Waals surface area contributed by atoms with Crippen LogP contribution >= 0.6 is 11.8 Å². The summed E-state index contributed by atoms with van der Waals surface area (Å²) in [5.41, 5.74) is 8.87. The quantitative estimate of drug-likeness (QED) is 0.865. The minimum absolute atomic E-state index is 0.0302. The number of rotatable bonds is 4. The Balaban J connectivity index is 2.29. The van der Waals surface area contributed by atoms with Crippen LogP contribution in [-0.2, 0) is 0 Å². The van der Waals surface area contributed by atoms with Crippen LogP contribution in [0, 0.1) is 6.92 Å². The summed E-state index contributed by atoms with van der Waals surface area (Å²) < 4.78 is 0. The Morgan fingerprint density at radius 1 is 1.26 bits per heavy atom. The molecule has 0 aliphatic heterocycles. The highest BCUT2D eigenvalue weighted by Gasteiger charge is 2.08. The maximum absolute atomic E-state index is 5.87. The van der Waals surface area contributed by atoms with Crippen molar-refractivity contribution in [2.75, 3.05) is 5.75 Å². The lowest BCUT2D eigenvalue weighted by Gasteiger charge is -2.10. The lowest BCUT2D eigenvalue weighted by molar-refractivity contribution is 0.790. The summed E-state index contributed by atoms with van der Waals surface area (Å²) in [6, 6.07) is 8.33. The van der Waals surface area contributed by atoms with E-state index < -0.39 is 0 Å². The smallest absolute Gasteiger partial charge is 0.159 e. The summed E-state index contributed by atoms with van der Waals surface area (Å²) in [5, 5.41) is 0. The van der Waals surface area contributed by atoms with Gasteiger partial charge in [0.05, 0.1) is 0 Å². The zero-order valence-corrected chi connectivity index (χ0v) is 12.4. The standard InChI is InChI=1S/C15H19N3S/c1-4-19-13-7-5-12(6-8-13)15-17-9-14(10(2)16)11(3)18-15/h5-10H,4,16H2,1-3H3. The molecular weight excluding hydrogens is 254 g/mol. The number of benzene rings is 1. The van der Waals surface area contributed by atoms with Gasteiger partial charge in [0.2, 0.25) is 0 Å². The summed E-state index contributed by atoms with van der Waals surface area (Å²) in [6.45, 7) is 6.07. The number of aromatic nitrogens is 2. The largest absolute Gasteiger partial charge is 0.324 e. The van der Waals surface area contributed by atoms with E-state index in [1.165, 1.54) is 4.90 Å². The van der Waals surface area contributed by atoms with Crippen LogP contribution in [-0.4, -0.2) is 15.7 Å². The van der Waals surface area contributed by atoms with Gasteiger partial charge in [0, 0.05) is 34.0 Å². The minimum atomic E-state index is -0.0302. The molecule has 19 heavy (non-hydrogen) atoms. The molecule has 0 aliphatic rings. The zero-order chi connectivity index (χ0) is 13.8. The van der Waals surface area contributed by atoms with Gasteiger partial charge in [-0.3, -0.25) is 0 Å². The molecule has 0 saturated carbocycles. The first kappa shape index (κ1) is 14.0. The first-order chi connectivity index (χ1) is 9.11. The molecule has 3 nitrogen and oxygen atoms in total. The van der Waals surface area contributed by atoms with E-state index in [0.29, 0.717) is 0 Å². The Labute approximate surface area is 118 Å². The van der Waals surface area contributed by atoms with Crippen molar-refractivity contribution in [3.05, 3.63) is 41.7 Å². The van der Waals surface area contributed by atoms with Crippen molar-refractivity contribution < 1.29 is 0 Å². The van der Waals surface area contributed by atoms with E-state index in [9.17, 15) is 0 Å². The highest BCUT2D eigenvalue weighted by Crippen LogP contribution is 2.23. The van der Waals surface area contributed by atoms with Crippen molar-refractivity contribution in [3.8, 4) is 11.4 Å². The van der Waals surface area contributed by atoms with Crippen LogP contribution in [0.1, 0.15) is 31.1 Å². The molecule has 0 radical (unpaired) electrons. The Hall–Kier alpha value is -1.39. The Morgan fingerprint density at radius 3 is 2.47 bits per heavy atom. The molecule has 2 N–H and O–H groups in total. The van der Waals surface area contributed by atoms with Crippen LogP contribution in [0.5, 0.6) is 0 Å². The number of hydrogen-bond donors (Lipinski definition) is 1. The molecule has 4 heteroatoms. The second-order valence-electron chi connectivity index (χ2n) is 4.48. The molecule has 1 unspecified atom stereocenters. The van der Waals surface area contributed by atoms with E-state index in [4.69, 9.17) is 5.73 Å². The van der Waals surface area contributed by atoms with Crippen LogP contribution in [0.2, 0.25) is 0 Å². The van der Waals surface area contributed by atoms with Crippen LogP contribution < -0.4 is 5.73 Å². The molecular formula is C15H19N3S. The second kappa shape index (κ2) is 6.17. The maximum Gasteiger partial charge on any atom is 0.159 e. The molecule has 0 aliphatic carbocycles. The molecule has 2 aromatic rings. The summed E-state index contributed by atoms with van der Waals surface area (Å²) in [6.07, 6.45) is 1.83. The lowest BCUT2D eigenvalue weighted by atomic mass is 10.1. The number of aryl methyl sites for hydroxylation is 1. The first-order valence-electron chi connectivity index (χ1n) is 6.44. The van der Waals surface area contributed by atoms with Crippen LogP contribution in [0.4, 0.5) is 0 Å². The minimum Gasteiger partial charge on any atom is -0.324 e. The van der Waals surface area contributed by atoms with Gasteiger partial charge in [-0.1, -0.05) is 19.1 Å². The number of thioether (sulfide) groups is 1. The van der Waals surface area contributed by atoms with Gasteiger partial charge in [0.25, 0.3) is 0 Å². The van der Waals surface area contributed by atoms with Crippen LogP contribution in [0.25, 0.3) is 11.4 Å². The molecule has 1 heterocycles. The van der Waals surface area contributed by atoms with Crippen LogP contribution in [0.3, 0.4) is 0 Å². The van der Waals surface area contributed by atoms with Gasteiger partial charge in [-0.05, 0) is 31.7 Å². The van der Waals surface area contributed by atoms with E-state index in [0.717, 1.165) is 28.4 Å². The molecule has 2 rings (SSSR count). The van der Waals surface area contributed by atoms with Crippen molar-refractivity contribution in [1.82, 2.24) is 9.97 Å². The molecule has 0 saturated heterocycles. The van der Waals surface area contributed by atoms with E-state index >= 15 is 0 Å². The Morgan fingerprint density at radius 2 is 1.95 bits per heavy atom. The monoisotopic (exact) mass is 273 g/mol. The highest BCUT2D eigenvalue weighted by atomic mass is 32.2. The molecule has 0 amide bonds. The van der Waals surface area contributed by atoms with Crippen molar-refractivity contribution >= 4 is 11.8 Å². The predicted molar refractivity (Wildman–Crippen MR) is 81.2 cm³/mol. The summed E-state index contributed by atoms with van der Waals surface area (Å²) in [5.74, 6) is 1.84. The number of nitrogens with two attached hydrogens (primary N) is 1. The molecule has 1 aromatic carbocycles. The Kier molecular flexibility index (Phi) is 4.56. The normalized spacial score (nSPS) is 12.4. The van der Waals surface area contributed by atoms with Crippen molar-refractivity contribution in [1.29, 1.82) is 0 Å². The maximum atomic E-state index is 5.87. The fraction of sp³-hybridized carbons (Fsp3) is 0.333.